The molecule has 0 amide bonds. The van der Waals surface area contributed by atoms with Crippen molar-refractivity contribution in [2.75, 3.05) is 5.73 Å². The van der Waals surface area contributed by atoms with Gasteiger partial charge in [0.05, 0.1) is 0 Å². The third kappa shape index (κ3) is 2.26. The van der Waals surface area contributed by atoms with Crippen molar-refractivity contribution >= 4 is 32.5 Å². The van der Waals surface area contributed by atoms with Crippen LogP contribution < -0.4 is 5.73 Å². The standard InChI is InChI=1S/C16H15BrN2/c1-11-3-2-4-16-13(11)7-8-19(16)10-12-5-6-14(17)15(18)9-12/h2-9H,10,18H2,1H3. The van der Waals surface area contributed by atoms with Crippen LogP contribution in [0.3, 0.4) is 0 Å². The summed E-state index contributed by atoms with van der Waals surface area (Å²) >= 11 is 3.42. The highest BCUT2D eigenvalue weighted by molar-refractivity contribution is 9.10. The number of fused-ring (bicyclic) bond motifs is 1. The molecule has 96 valence electrons. The molecule has 0 atom stereocenters. The van der Waals surface area contributed by atoms with Crippen LogP contribution in [0.25, 0.3) is 10.9 Å². The maximum Gasteiger partial charge on any atom is 0.0486 e. The molecule has 3 aromatic rings. The third-order valence-corrected chi connectivity index (χ3v) is 4.17. The highest BCUT2D eigenvalue weighted by atomic mass is 79.9. The fourth-order valence-corrected chi connectivity index (χ4v) is 2.65. The van der Waals surface area contributed by atoms with Crippen molar-refractivity contribution in [3.8, 4) is 0 Å². The summed E-state index contributed by atoms with van der Waals surface area (Å²) in [7, 11) is 0. The summed E-state index contributed by atoms with van der Waals surface area (Å²) in [6, 6.07) is 14.7. The maximum absolute atomic E-state index is 5.93. The van der Waals surface area contributed by atoms with E-state index in [1.165, 1.54) is 22.0 Å². The van der Waals surface area contributed by atoms with Crippen LogP contribution in [-0.2, 0) is 6.54 Å². The smallest absolute Gasteiger partial charge is 0.0486 e. The van der Waals surface area contributed by atoms with Gasteiger partial charge in [0.15, 0.2) is 0 Å². The molecule has 2 nitrogen and oxygen atoms in total. The fourth-order valence-electron chi connectivity index (χ4n) is 2.40. The Morgan fingerprint density at radius 2 is 2.00 bits per heavy atom. The molecule has 0 aliphatic carbocycles. The highest BCUT2D eigenvalue weighted by Crippen LogP contribution is 2.23. The number of nitrogens with two attached hydrogens (primary N) is 1. The average molecular weight is 315 g/mol. The second kappa shape index (κ2) is 4.74. The number of halogens is 1. The van der Waals surface area contributed by atoms with Gasteiger partial charge in [-0.1, -0.05) is 18.2 Å². The van der Waals surface area contributed by atoms with Crippen LogP contribution >= 0.6 is 15.9 Å². The number of nitrogens with zero attached hydrogens (tertiary/aromatic N) is 1. The second-order valence-corrected chi connectivity index (χ2v) is 5.66. The van der Waals surface area contributed by atoms with E-state index in [2.05, 4.69) is 63.9 Å². The van der Waals surface area contributed by atoms with E-state index in [4.69, 9.17) is 5.73 Å². The number of hydrogen-bond acceptors (Lipinski definition) is 1. The number of hydrogen-bond donors (Lipinski definition) is 1. The molecule has 3 heteroatoms. The largest absolute Gasteiger partial charge is 0.398 e. The van der Waals surface area contributed by atoms with Crippen LogP contribution in [0.15, 0.2) is 53.1 Å². The number of aromatic nitrogens is 1. The van der Waals surface area contributed by atoms with Crippen molar-refractivity contribution in [1.29, 1.82) is 0 Å². The van der Waals surface area contributed by atoms with Gasteiger partial charge in [-0.2, -0.15) is 0 Å². The summed E-state index contributed by atoms with van der Waals surface area (Å²) in [5.74, 6) is 0. The Balaban J connectivity index is 2.01. The summed E-state index contributed by atoms with van der Waals surface area (Å²) in [6.07, 6.45) is 2.13. The summed E-state index contributed by atoms with van der Waals surface area (Å²) in [5.41, 5.74) is 10.5. The monoisotopic (exact) mass is 314 g/mol. The maximum atomic E-state index is 5.93. The van der Waals surface area contributed by atoms with E-state index >= 15 is 0 Å². The van der Waals surface area contributed by atoms with Gasteiger partial charge in [0.2, 0.25) is 0 Å². The van der Waals surface area contributed by atoms with Crippen molar-refractivity contribution in [3.05, 3.63) is 64.3 Å². The van der Waals surface area contributed by atoms with Crippen LogP contribution in [0.4, 0.5) is 5.69 Å². The molecule has 0 fully saturated rings. The third-order valence-electron chi connectivity index (χ3n) is 3.45. The van der Waals surface area contributed by atoms with Gasteiger partial charge in [-0.3, -0.25) is 0 Å². The number of rotatable bonds is 2. The molecule has 0 saturated carbocycles. The Hall–Kier alpha value is -1.74. The molecular formula is C16H15BrN2. The molecule has 0 aliphatic rings. The molecule has 1 aromatic heterocycles. The average Bonchev–Trinajstić information content (AvgIpc) is 2.79. The van der Waals surface area contributed by atoms with Gasteiger partial charge >= 0.3 is 0 Å². The predicted octanol–water partition coefficient (Wildman–Crippen LogP) is 4.34. The minimum absolute atomic E-state index is 0.783. The number of nitrogen functional groups attached to an aromatic ring is 1. The fraction of sp³-hybridized carbons (Fsp3) is 0.125. The van der Waals surface area contributed by atoms with Gasteiger partial charge in [0, 0.05) is 33.8 Å². The van der Waals surface area contributed by atoms with E-state index < -0.39 is 0 Å². The van der Waals surface area contributed by atoms with Crippen LogP contribution in [0, 0.1) is 6.92 Å². The SMILES string of the molecule is Cc1cccc2c1ccn2Cc1ccc(Br)c(N)c1. The lowest BCUT2D eigenvalue weighted by molar-refractivity contribution is 0.837. The zero-order valence-electron chi connectivity index (χ0n) is 10.7. The Labute approximate surface area is 121 Å². The lowest BCUT2D eigenvalue weighted by Crippen LogP contribution is -1.99. The highest BCUT2D eigenvalue weighted by Gasteiger charge is 2.04. The first-order chi connectivity index (χ1) is 9.15. The van der Waals surface area contributed by atoms with Gasteiger partial charge in [0.1, 0.15) is 0 Å². The first-order valence-electron chi connectivity index (χ1n) is 6.23. The van der Waals surface area contributed by atoms with E-state index in [-0.39, 0.29) is 0 Å². The molecular weight excluding hydrogens is 300 g/mol. The van der Waals surface area contributed by atoms with Gasteiger partial charge in [-0.15, -0.1) is 0 Å². The quantitative estimate of drug-likeness (QED) is 0.701. The van der Waals surface area contributed by atoms with E-state index in [1.54, 1.807) is 0 Å². The molecule has 0 radical (unpaired) electrons. The molecule has 0 saturated heterocycles. The molecule has 0 bridgehead atoms. The summed E-state index contributed by atoms with van der Waals surface area (Å²) in [4.78, 5) is 0. The summed E-state index contributed by atoms with van der Waals surface area (Å²) in [5, 5.41) is 1.31. The van der Waals surface area contributed by atoms with Gasteiger partial charge in [-0.25, -0.2) is 0 Å². The normalized spacial score (nSPS) is 11.1. The van der Waals surface area contributed by atoms with Crippen molar-refractivity contribution in [2.24, 2.45) is 0 Å². The number of aryl methyl sites for hydroxylation is 1. The topological polar surface area (TPSA) is 30.9 Å². The van der Waals surface area contributed by atoms with Gasteiger partial charge < -0.3 is 10.3 Å². The molecule has 2 aromatic carbocycles. The molecule has 2 N–H and O–H groups in total. The van der Waals surface area contributed by atoms with Crippen LogP contribution in [0.5, 0.6) is 0 Å². The predicted molar refractivity (Wildman–Crippen MR) is 84.3 cm³/mol. The molecule has 0 unspecified atom stereocenters. The Bertz CT molecular complexity index is 744. The Kier molecular flexibility index (Phi) is 3.07. The lowest BCUT2D eigenvalue weighted by atomic mass is 10.1. The molecule has 0 aliphatic heterocycles. The lowest BCUT2D eigenvalue weighted by Gasteiger charge is -2.08. The van der Waals surface area contributed by atoms with Crippen molar-refractivity contribution in [3.63, 3.8) is 0 Å². The first-order valence-corrected chi connectivity index (χ1v) is 7.03. The molecule has 1 heterocycles. The summed E-state index contributed by atoms with van der Waals surface area (Å²) < 4.78 is 3.20. The van der Waals surface area contributed by atoms with E-state index in [1.807, 2.05) is 12.1 Å². The number of benzene rings is 2. The van der Waals surface area contributed by atoms with Crippen molar-refractivity contribution in [2.45, 2.75) is 13.5 Å². The van der Waals surface area contributed by atoms with E-state index in [0.29, 0.717) is 0 Å². The first kappa shape index (κ1) is 12.3. The summed E-state index contributed by atoms with van der Waals surface area (Å²) in [6.45, 7) is 2.98. The zero-order chi connectivity index (χ0) is 13.4. The molecule has 3 rings (SSSR count). The number of anilines is 1. The second-order valence-electron chi connectivity index (χ2n) is 4.81. The van der Waals surface area contributed by atoms with Gasteiger partial charge in [0.25, 0.3) is 0 Å². The van der Waals surface area contributed by atoms with Crippen LogP contribution in [0.2, 0.25) is 0 Å². The van der Waals surface area contributed by atoms with Crippen LogP contribution in [-0.4, -0.2) is 4.57 Å². The van der Waals surface area contributed by atoms with Crippen molar-refractivity contribution < 1.29 is 0 Å². The minimum atomic E-state index is 0.783. The Morgan fingerprint density at radius 3 is 2.79 bits per heavy atom. The Morgan fingerprint density at radius 1 is 1.16 bits per heavy atom. The molecule has 0 spiro atoms. The van der Waals surface area contributed by atoms with Gasteiger partial charge in [-0.05, 0) is 58.2 Å². The minimum Gasteiger partial charge on any atom is -0.398 e. The zero-order valence-corrected chi connectivity index (χ0v) is 12.3. The molecule has 19 heavy (non-hydrogen) atoms. The van der Waals surface area contributed by atoms with E-state index in [9.17, 15) is 0 Å². The van der Waals surface area contributed by atoms with E-state index in [0.717, 1.165) is 16.7 Å². The van der Waals surface area contributed by atoms with Crippen LogP contribution in [0.1, 0.15) is 11.1 Å². The van der Waals surface area contributed by atoms with Crippen molar-refractivity contribution in [1.82, 2.24) is 4.57 Å².